The van der Waals surface area contributed by atoms with Crippen LogP contribution in [0.2, 0.25) is 0 Å². The van der Waals surface area contributed by atoms with E-state index >= 15 is 0 Å². The van der Waals surface area contributed by atoms with E-state index in [1.54, 1.807) is 0 Å². The van der Waals surface area contributed by atoms with Crippen LogP contribution in [0.5, 0.6) is 0 Å². The molecule has 3 unspecified atom stereocenters. The summed E-state index contributed by atoms with van der Waals surface area (Å²) >= 11 is 0. The van der Waals surface area contributed by atoms with Crippen molar-refractivity contribution in [3.8, 4) is 0 Å². The first-order valence-corrected chi connectivity index (χ1v) is 5.62. The lowest BCUT2D eigenvalue weighted by Crippen LogP contribution is -2.61. The van der Waals surface area contributed by atoms with Crippen LogP contribution in [0.1, 0.15) is 46.5 Å². The van der Waals surface area contributed by atoms with Crippen molar-refractivity contribution in [1.82, 2.24) is 0 Å². The molecule has 3 rings (SSSR count). The molecule has 0 saturated heterocycles. The molecule has 0 spiro atoms. The molecule has 3 atom stereocenters. The maximum Gasteiger partial charge on any atom is 0.0709 e. The zero-order valence-corrected chi connectivity index (χ0v) is 9.39. The molecule has 3 aliphatic carbocycles. The fourth-order valence-corrected chi connectivity index (χ4v) is 3.80. The van der Waals surface area contributed by atoms with E-state index < -0.39 is 0 Å². The van der Waals surface area contributed by atoms with Crippen molar-refractivity contribution in [3.05, 3.63) is 0 Å². The Labute approximate surface area is 81.9 Å². The molecule has 0 N–H and O–H groups in total. The van der Waals surface area contributed by atoms with Gasteiger partial charge >= 0.3 is 0 Å². The summed E-state index contributed by atoms with van der Waals surface area (Å²) in [6.45, 7) is 7.13. The lowest BCUT2D eigenvalue weighted by Gasteiger charge is -2.64. The molecule has 1 heteroatoms. The van der Waals surface area contributed by atoms with E-state index in [-0.39, 0.29) is 5.60 Å². The first-order valence-electron chi connectivity index (χ1n) is 5.62. The zero-order valence-electron chi connectivity index (χ0n) is 9.39. The van der Waals surface area contributed by atoms with Gasteiger partial charge in [0, 0.05) is 7.11 Å². The van der Waals surface area contributed by atoms with Crippen LogP contribution in [0.15, 0.2) is 0 Å². The molecule has 0 amide bonds. The highest BCUT2D eigenvalue weighted by Gasteiger charge is 2.60. The topological polar surface area (TPSA) is 9.23 Å². The van der Waals surface area contributed by atoms with E-state index in [1.165, 1.54) is 25.7 Å². The molecular weight excluding hydrogens is 160 g/mol. The Morgan fingerprint density at radius 2 is 2.08 bits per heavy atom. The molecule has 3 saturated carbocycles. The largest absolute Gasteiger partial charge is 0.378 e. The van der Waals surface area contributed by atoms with Crippen molar-refractivity contribution in [3.63, 3.8) is 0 Å². The van der Waals surface area contributed by atoms with E-state index in [4.69, 9.17) is 4.74 Å². The molecule has 0 aliphatic heterocycles. The lowest BCUT2D eigenvalue weighted by molar-refractivity contribution is -0.216. The van der Waals surface area contributed by atoms with Gasteiger partial charge in [-0.1, -0.05) is 20.8 Å². The van der Waals surface area contributed by atoms with Gasteiger partial charge in [0.2, 0.25) is 0 Å². The molecule has 2 bridgehead atoms. The summed E-state index contributed by atoms with van der Waals surface area (Å²) in [5, 5.41) is 0. The van der Waals surface area contributed by atoms with Gasteiger partial charge in [-0.15, -0.1) is 0 Å². The molecule has 3 fully saturated rings. The third kappa shape index (κ3) is 1.03. The number of hydrogen-bond acceptors (Lipinski definition) is 1. The first kappa shape index (κ1) is 9.51. The van der Waals surface area contributed by atoms with Crippen LogP contribution in [-0.4, -0.2) is 12.7 Å². The molecule has 0 aromatic rings. The molecule has 0 heterocycles. The summed E-state index contributed by atoms with van der Waals surface area (Å²) in [5.74, 6) is 1.79. The minimum absolute atomic E-state index is 0.220. The summed E-state index contributed by atoms with van der Waals surface area (Å²) in [6.07, 6.45) is 5.27. The van der Waals surface area contributed by atoms with Gasteiger partial charge in [-0.3, -0.25) is 0 Å². The van der Waals surface area contributed by atoms with Gasteiger partial charge < -0.3 is 4.74 Å². The third-order valence-electron chi connectivity index (χ3n) is 5.03. The number of rotatable bonds is 2. The number of fused-ring (bicyclic) bond motifs is 2. The van der Waals surface area contributed by atoms with Crippen molar-refractivity contribution in [2.45, 2.75) is 52.1 Å². The third-order valence-corrected chi connectivity index (χ3v) is 5.03. The summed E-state index contributed by atoms with van der Waals surface area (Å²) < 4.78 is 5.81. The lowest BCUT2D eigenvalue weighted by atomic mass is 9.43. The van der Waals surface area contributed by atoms with Crippen molar-refractivity contribution in [1.29, 1.82) is 0 Å². The SMILES string of the molecule is CCC1(OC)CCC2CC1C2(C)C. The Balaban J connectivity index is 2.23. The predicted molar refractivity (Wildman–Crippen MR) is 54.6 cm³/mol. The predicted octanol–water partition coefficient (Wildman–Crippen LogP) is 3.24. The average molecular weight is 182 g/mol. The van der Waals surface area contributed by atoms with E-state index in [0.717, 1.165) is 11.8 Å². The molecule has 76 valence electrons. The van der Waals surface area contributed by atoms with Crippen LogP contribution >= 0.6 is 0 Å². The standard InChI is InChI=1S/C12H22O/c1-5-12(13-4)7-6-9-8-10(12)11(9,2)3/h9-10H,5-8H2,1-4H3. The molecule has 0 aromatic carbocycles. The summed E-state index contributed by atoms with van der Waals surface area (Å²) in [6, 6.07) is 0. The Morgan fingerprint density at radius 1 is 1.38 bits per heavy atom. The van der Waals surface area contributed by atoms with Gasteiger partial charge in [0.05, 0.1) is 5.60 Å². The minimum atomic E-state index is 0.220. The fraction of sp³-hybridized carbons (Fsp3) is 1.00. The molecule has 3 aliphatic rings. The van der Waals surface area contributed by atoms with Gasteiger partial charge in [0.15, 0.2) is 0 Å². The second-order valence-corrected chi connectivity index (χ2v) is 5.47. The normalized spacial score (nSPS) is 47.1. The molecule has 1 nitrogen and oxygen atoms in total. The molecular formula is C12H22O. The van der Waals surface area contributed by atoms with Crippen molar-refractivity contribution < 1.29 is 4.74 Å². The number of ether oxygens (including phenoxy) is 1. The fourth-order valence-electron chi connectivity index (χ4n) is 3.80. The van der Waals surface area contributed by atoms with Crippen LogP contribution in [0.4, 0.5) is 0 Å². The summed E-state index contributed by atoms with van der Waals surface area (Å²) in [4.78, 5) is 0. The Bertz CT molecular complexity index is 201. The monoisotopic (exact) mass is 182 g/mol. The van der Waals surface area contributed by atoms with Gasteiger partial charge in [-0.05, 0) is 42.9 Å². The van der Waals surface area contributed by atoms with Crippen LogP contribution in [0, 0.1) is 17.3 Å². The van der Waals surface area contributed by atoms with Crippen LogP contribution in [-0.2, 0) is 4.74 Å². The Morgan fingerprint density at radius 3 is 2.38 bits per heavy atom. The smallest absolute Gasteiger partial charge is 0.0709 e. The maximum atomic E-state index is 5.81. The second-order valence-electron chi connectivity index (χ2n) is 5.47. The van der Waals surface area contributed by atoms with Crippen LogP contribution < -0.4 is 0 Å². The van der Waals surface area contributed by atoms with E-state index in [0.29, 0.717) is 5.41 Å². The Kier molecular flexibility index (Phi) is 1.99. The van der Waals surface area contributed by atoms with Crippen molar-refractivity contribution in [2.24, 2.45) is 17.3 Å². The van der Waals surface area contributed by atoms with Gasteiger partial charge in [-0.2, -0.15) is 0 Å². The highest BCUT2D eigenvalue weighted by atomic mass is 16.5. The van der Waals surface area contributed by atoms with Gasteiger partial charge in [-0.25, -0.2) is 0 Å². The second kappa shape index (κ2) is 2.73. The van der Waals surface area contributed by atoms with Crippen molar-refractivity contribution in [2.75, 3.05) is 7.11 Å². The minimum Gasteiger partial charge on any atom is -0.378 e. The molecule has 13 heavy (non-hydrogen) atoms. The number of hydrogen-bond donors (Lipinski definition) is 0. The first-order chi connectivity index (χ1) is 6.07. The highest BCUT2D eigenvalue weighted by Crippen LogP contribution is 2.64. The quantitative estimate of drug-likeness (QED) is 0.637. The summed E-state index contributed by atoms with van der Waals surface area (Å²) in [7, 11) is 1.90. The van der Waals surface area contributed by atoms with Crippen molar-refractivity contribution >= 4 is 0 Å². The molecule has 0 radical (unpaired) electrons. The van der Waals surface area contributed by atoms with Gasteiger partial charge in [0.25, 0.3) is 0 Å². The van der Waals surface area contributed by atoms with Crippen LogP contribution in [0.3, 0.4) is 0 Å². The highest BCUT2D eigenvalue weighted by molar-refractivity contribution is 5.10. The molecule has 0 aromatic heterocycles. The maximum absolute atomic E-state index is 5.81. The Hall–Kier alpha value is -0.0400. The van der Waals surface area contributed by atoms with E-state index in [1.807, 2.05) is 7.11 Å². The average Bonchev–Trinajstić information content (AvgIpc) is 2.17. The van der Waals surface area contributed by atoms with Crippen LogP contribution in [0.25, 0.3) is 0 Å². The van der Waals surface area contributed by atoms with E-state index in [9.17, 15) is 0 Å². The zero-order chi connectivity index (χ0) is 9.69. The summed E-state index contributed by atoms with van der Waals surface area (Å²) in [5.41, 5.74) is 0.766. The number of methoxy groups -OCH3 is 1. The van der Waals surface area contributed by atoms with Gasteiger partial charge in [0.1, 0.15) is 0 Å². The van der Waals surface area contributed by atoms with E-state index in [2.05, 4.69) is 20.8 Å².